The number of ether oxygens (including phenoxy) is 6. The molecule has 2 aliphatic heterocycles. The summed E-state index contributed by atoms with van der Waals surface area (Å²) >= 11 is 0. The van der Waals surface area contributed by atoms with Gasteiger partial charge >= 0.3 is 5.97 Å². The molecule has 2 aliphatic rings. The van der Waals surface area contributed by atoms with E-state index in [1.54, 1.807) is 0 Å². The first-order chi connectivity index (χ1) is 33.1. The molecule has 0 aromatic heterocycles. The fourth-order valence-electron chi connectivity index (χ4n) is 7.20. The van der Waals surface area contributed by atoms with Crippen molar-refractivity contribution in [1.29, 1.82) is 0 Å². The Morgan fingerprint density at radius 2 is 0.956 bits per heavy atom. The lowest BCUT2D eigenvalue weighted by Crippen LogP contribution is -2.61. The predicted molar refractivity (Wildman–Crippen MR) is 265 cm³/mol. The molecule has 2 heterocycles. The molecule has 0 aromatic carbocycles. The molecule has 388 valence electrons. The van der Waals surface area contributed by atoms with Gasteiger partial charge in [0.25, 0.3) is 0 Å². The summed E-state index contributed by atoms with van der Waals surface area (Å²) in [7, 11) is 0. The molecule has 14 heteroatoms. The molecule has 11 unspecified atom stereocenters. The van der Waals surface area contributed by atoms with Gasteiger partial charge in [-0.25, -0.2) is 0 Å². The van der Waals surface area contributed by atoms with Crippen molar-refractivity contribution in [2.24, 2.45) is 0 Å². The number of unbranched alkanes of at least 4 members (excludes halogenated alkanes) is 8. The van der Waals surface area contributed by atoms with Crippen molar-refractivity contribution in [3.05, 3.63) is 97.2 Å². The highest BCUT2D eigenvalue weighted by Gasteiger charge is 2.47. The lowest BCUT2D eigenvalue weighted by molar-refractivity contribution is -0.332. The number of aliphatic hydroxyl groups excluding tert-OH is 7. The van der Waals surface area contributed by atoms with Gasteiger partial charge in [0.15, 0.2) is 12.6 Å². The molecule has 0 saturated carbocycles. The Hall–Kier alpha value is -3.09. The van der Waals surface area contributed by atoms with Gasteiger partial charge in [-0.1, -0.05) is 143 Å². The van der Waals surface area contributed by atoms with E-state index < -0.39 is 86.7 Å². The smallest absolute Gasteiger partial charge is 0.306 e. The molecular weight excluding hydrogens is 873 g/mol. The number of hydrogen-bond donors (Lipinski definition) is 7. The van der Waals surface area contributed by atoms with Gasteiger partial charge in [-0.15, -0.1) is 0 Å². The summed E-state index contributed by atoms with van der Waals surface area (Å²) in [5, 5.41) is 72.1. The Bertz CT molecular complexity index is 1490. The number of allylic oxidation sites excluding steroid dienone is 16. The quantitative estimate of drug-likeness (QED) is 0.0182. The summed E-state index contributed by atoms with van der Waals surface area (Å²) in [6.45, 7) is 3.32. The monoisotopic (exact) mass is 961 g/mol. The van der Waals surface area contributed by atoms with Crippen molar-refractivity contribution in [3.63, 3.8) is 0 Å². The van der Waals surface area contributed by atoms with Crippen molar-refractivity contribution in [1.82, 2.24) is 0 Å². The zero-order chi connectivity index (χ0) is 49.5. The second kappa shape index (κ2) is 40.6. The van der Waals surface area contributed by atoms with Gasteiger partial charge < -0.3 is 64.2 Å². The summed E-state index contributed by atoms with van der Waals surface area (Å²) < 4.78 is 34.1. The molecule has 2 fully saturated rings. The van der Waals surface area contributed by atoms with Gasteiger partial charge in [-0.3, -0.25) is 4.79 Å². The Morgan fingerprint density at radius 1 is 0.500 bits per heavy atom. The fraction of sp³-hybridized carbons (Fsp3) is 0.685. The number of carbonyl (C=O) groups is 1. The maximum Gasteiger partial charge on any atom is 0.306 e. The zero-order valence-corrected chi connectivity index (χ0v) is 41.0. The molecule has 0 amide bonds. The highest BCUT2D eigenvalue weighted by Crippen LogP contribution is 2.26. The molecule has 68 heavy (non-hydrogen) atoms. The molecule has 11 atom stereocenters. The van der Waals surface area contributed by atoms with Crippen LogP contribution < -0.4 is 0 Å². The summed E-state index contributed by atoms with van der Waals surface area (Å²) in [5.74, 6) is -0.415. The number of carbonyl (C=O) groups excluding carboxylic acids is 1. The zero-order valence-electron chi connectivity index (χ0n) is 41.0. The van der Waals surface area contributed by atoms with Crippen LogP contribution in [0.15, 0.2) is 97.2 Å². The predicted octanol–water partition coefficient (Wildman–Crippen LogP) is 7.46. The third-order valence-electron chi connectivity index (χ3n) is 11.3. The maximum atomic E-state index is 13.0. The van der Waals surface area contributed by atoms with Crippen LogP contribution in [0, 0.1) is 0 Å². The molecule has 2 saturated heterocycles. The van der Waals surface area contributed by atoms with Crippen molar-refractivity contribution < 1.29 is 69.0 Å². The van der Waals surface area contributed by atoms with E-state index in [9.17, 15) is 40.5 Å². The van der Waals surface area contributed by atoms with Crippen molar-refractivity contribution in [2.75, 3.05) is 33.0 Å². The number of esters is 1. The largest absolute Gasteiger partial charge is 0.457 e. The third kappa shape index (κ3) is 27.9. The summed E-state index contributed by atoms with van der Waals surface area (Å²) in [5.41, 5.74) is 0. The minimum atomic E-state index is -1.73. The van der Waals surface area contributed by atoms with Gasteiger partial charge in [0, 0.05) is 13.0 Å². The van der Waals surface area contributed by atoms with Crippen LogP contribution in [0.4, 0.5) is 0 Å². The minimum absolute atomic E-state index is 0.00911. The molecular formula is C54H88O14. The van der Waals surface area contributed by atoms with Crippen LogP contribution in [0.5, 0.6) is 0 Å². The van der Waals surface area contributed by atoms with Gasteiger partial charge in [-0.05, 0) is 83.5 Å². The second-order valence-corrected chi connectivity index (χ2v) is 17.3. The van der Waals surface area contributed by atoms with Crippen molar-refractivity contribution in [2.45, 2.75) is 203 Å². The second-order valence-electron chi connectivity index (χ2n) is 17.3. The third-order valence-corrected chi connectivity index (χ3v) is 11.3. The van der Waals surface area contributed by atoms with Crippen molar-refractivity contribution >= 4 is 5.97 Å². The highest BCUT2D eigenvalue weighted by molar-refractivity contribution is 5.69. The van der Waals surface area contributed by atoms with Gasteiger partial charge in [0.05, 0.1) is 26.4 Å². The first-order valence-corrected chi connectivity index (χ1v) is 25.3. The first-order valence-electron chi connectivity index (χ1n) is 25.3. The molecule has 0 spiro atoms. The Labute approximate surface area is 407 Å². The topological polar surface area (TPSA) is 214 Å². The lowest BCUT2D eigenvalue weighted by Gasteiger charge is -2.42. The van der Waals surface area contributed by atoms with Gasteiger partial charge in [0.1, 0.15) is 54.9 Å². The average Bonchev–Trinajstić information content (AvgIpc) is 3.33. The van der Waals surface area contributed by atoms with Crippen LogP contribution in [0.25, 0.3) is 0 Å². The summed E-state index contributed by atoms with van der Waals surface area (Å²) in [4.78, 5) is 13.0. The van der Waals surface area contributed by atoms with E-state index in [1.165, 1.54) is 12.8 Å². The van der Waals surface area contributed by atoms with E-state index in [-0.39, 0.29) is 19.6 Å². The SMILES string of the molecule is CC/C=C\C/C=C\C/C=C\C/C=C\C/C=C\C/C=C\CCCOCC(COC1OC(COC2OC(CO)C(O)C(O)C2O)C(O)C(O)C1O)OC(=O)CCCCCCC/C=C\C/C=C\CCCC. The first kappa shape index (κ1) is 61.0. The molecule has 2 rings (SSSR count). The average molecular weight is 961 g/mol. The molecule has 0 bridgehead atoms. The summed E-state index contributed by atoms with van der Waals surface area (Å²) in [6, 6.07) is 0. The summed E-state index contributed by atoms with van der Waals surface area (Å²) in [6.07, 6.45) is 36.2. The lowest BCUT2D eigenvalue weighted by atomic mass is 9.98. The van der Waals surface area contributed by atoms with Crippen LogP contribution in [0.2, 0.25) is 0 Å². The van der Waals surface area contributed by atoms with E-state index in [1.807, 2.05) is 0 Å². The van der Waals surface area contributed by atoms with E-state index >= 15 is 0 Å². The molecule has 0 aliphatic carbocycles. The van der Waals surface area contributed by atoms with E-state index in [4.69, 9.17) is 28.4 Å². The van der Waals surface area contributed by atoms with E-state index in [0.717, 1.165) is 96.3 Å². The number of rotatable bonds is 38. The van der Waals surface area contributed by atoms with E-state index in [0.29, 0.717) is 13.0 Å². The Kier molecular flexibility index (Phi) is 36.5. The van der Waals surface area contributed by atoms with Crippen LogP contribution in [0.1, 0.15) is 136 Å². The van der Waals surface area contributed by atoms with Gasteiger partial charge in [0.2, 0.25) is 0 Å². The Morgan fingerprint density at radius 3 is 1.50 bits per heavy atom. The maximum absolute atomic E-state index is 13.0. The number of hydrogen-bond acceptors (Lipinski definition) is 14. The molecule has 14 nitrogen and oxygen atoms in total. The molecule has 7 N–H and O–H groups in total. The molecule has 0 aromatic rings. The van der Waals surface area contributed by atoms with Crippen LogP contribution >= 0.6 is 0 Å². The van der Waals surface area contributed by atoms with Crippen LogP contribution in [-0.4, -0.2) is 142 Å². The van der Waals surface area contributed by atoms with Crippen molar-refractivity contribution in [3.8, 4) is 0 Å². The standard InChI is InChI=1S/C54H88O14/c1-3-5-7-9-11-13-15-17-19-20-21-22-23-24-26-28-30-32-34-36-38-63-40-43(66-46(56)37-35-33-31-29-27-25-18-16-14-12-10-8-6-4-2)41-64-53-52(62)50(60)48(58)45(68-53)42-65-54-51(61)49(59)47(57)44(39-55)67-54/h5,7,10-13,16-19,21-22,24,26,30,32,43-45,47-55,57-62H,3-4,6,8-9,14-15,20,23,25,27-29,31,33-42H2,1-2H3/b7-5-,12-10-,13-11-,18-16-,19-17-,22-21-,26-24-,32-30-. The Balaban J connectivity index is 1.81. The highest BCUT2D eigenvalue weighted by atomic mass is 16.7. The van der Waals surface area contributed by atoms with Crippen LogP contribution in [-0.2, 0) is 33.2 Å². The van der Waals surface area contributed by atoms with Crippen LogP contribution in [0.3, 0.4) is 0 Å². The molecule has 0 radical (unpaired) electrons. The minimum Gasteiger partial charge on any atom is -0.457 e. The van der Waals surface area contributed by atoms with Gasteiger partial charge in [-0.2, -0.15) is 0 Å². The van der Waals surface area contributed by atoms with E-state index in [2.05, 4.69) is 111 Å². The normalized spacial score (nSPS) is 26.7. The number of aliphatic hydroxyl groups is 7. The fourth-order valence-corrected chi connectivity index (χ4v) is 7.20.